The van der Waals surface area contributed by atoms with Crippen LogP contribution in [0.15, 0.2) is 24.8 Å². The van der Waals surface area contributed by atoms with Crippen molar-refractivity contribution in [3.63, 3.8) is 0 Å². The SMILES string of the molecule is C=CCOCC1CCC(C2CCC(COC/C=C\C)CC2)CC1. The van der Waals surface area contributed by atoms with Gasteiger partial charge in [-0.05, 0) is 82.0 Å². The number of hydrogen-bond donors (Lipinski definition) is 0. The average Bonchev–Trinajstić information content (AvgIpc) is 2.60. The molecule has 0 bridgehead atoms. The molecule has 0 aromatic heterocycles. The molecule has 2 heteroatoms. The van der Waals surface area contributed by atoms with Crippen LogP contribution in [0, 0.1) is 23.7 Å². The lowest BCUT2D eigenvalue weighted by Gasteiger charge is -2.37. The van der Waals surface area contributed by atoms with Gasteiger partial charge >= 0.3 is 0 Å². The van der Waals surface area contributed by atoms with Gasteiger partial charge < -0.3 is 9.47 Å². The van der Waals surface area contributed by atoms with Crippen LogP contribution >= 0.6 is 0 Å². The summed E-state index contributed by atoms with van der Waals surface area (Å²) in [6.45, 7) is 9.16. The zero-order valence-corrected chi connectivity index (χ0v) is 15.1. The van der Waals surface area contributed by atoms with Crippen LogP contribution < -0.4 is 0 Å². The monoisotopic (exact) mass is 320 g/mol. The van der Waals surface area contributed by atoms with Gasteiger partial charge in [0.25, 0.3) is 0 Å². The number of allylic oxidation sites excluding steroid dienone is 1. The minimum Gasteiger partial charge on any atom is -0.377 e. The van der Waals surface area contributed by atoms with E-state index in [4.69, 9.17) is 9.47 Å². The highest BCUT2D eigenvalue weighted by atomic mass is 16.5. The van der Waals surface area contributed by atoms with Crippen molar-refractivity contribution in [2.45, 2.75) is 58.3 Å². The molecule has 0 amide bonds. The second kappa shape index (κ2) is 11.0. The predicted octanol–water partition coefficient (Wildman–Crippen LogP) is 5.39. The normalized spacial score (nSPS) is 32.2. The van der Waals surface area contributed by atoms with Gasteiger partial charge in [-0.1, -0.05) is 18.2 Å². The van der Waals surface area contributed by atoms with E-state index in [1.165, 1.54) is 51.4 Å². The largest absolute Gasteiger partial charge is 0.377 e. The molecular formula is C21H36O2. The zero-order valence-electron chi connectivity index (χ0n) is 15.1. The average molecular weight is 321 g/mol. The first kappa shape index (κ1) is 18.7. The van der Waals surface area contributed by atoms with E-state index in [0.717, 1.165) is 43.5 Å². The summed E-state index contributed by atoms with van der Waals surface area (Å²) < 4.78 is 11.4. The Kier molecular flexibility index (Phi) is 8.99. The minimum atomic E-state index is 0.708. The molecule has 0 aromatic carbocycles. The number of rotatable bonds is 9. The number of hydrogen-bond acceptors (Lipinski definition) is 2. The molecule has 0 atom stereocenters. The standard InChI is InChI=1S/C21H36O2/c1-3-5-15-23-17-19-8-12-21(13-9-19)20-10-6-18(7-11-20)16-22-14-4-2/h3-5,18-21H,2,6-17H2,1H3/b5-3-. The molecule has 0 unspecified atom stereocenters. The maximum atomic E-state index is 5.75. The van der Waals surface area contributed by atoms with E-state index in [1.807, 2.05) is 6.08 Å². The van der Waals surface area contributed by atoms with Crippen LogP contribution in [-0.2, 0) is 9.47 Å². The van der Waals surface area contributed by atoms with E-state index in [1.54, 1.807) is 0 Å². The minimum absolute atomic E-state index is 0.708. The van der Waals surface area contributed by atoms with E-state index in [-0.39, 0.29) is 0 Å². The van der Waals surface area contributed by atoms with E-state index in [0.29, 0.717) is 6.61 Å². The van der Waals surface area contributed by atoms with Crippen molar-refractivity contribution in [2.75, 3.05) is 26.4 Å². The lowest BCUT2D eigenvalue weighted by molar-refractivity contribution is 0.0630. The topological polar surface area (TPSA) is 18.5 Å². The molecule has 0 radical (unpaired) electrons. The fourth-order valence-electron chi connectivity index (χ4n) is 4.37. The molecule has 23 heavy (non-hydrogen) atoms. The third-order valence-electron chi connectivity index (χ3n) is 5.84. The Morgan fingerprint density at radius 2 is 1.26 bits per heavy atom. The number of ether oxygens (including phenoxy) is 2. The van der Waals surface area contributed by atoms with Gasteiger partial charge in [0.1, 0.15) is 0 Å². The van der Waals surface area contributed by atoms with Crippen molar-refractivity contribution in [3.8, 4) is 0 Å². The van der Waals surface area contributed by atoms with Crippen molar-refractivity contribution in [3.05, 3.63) is 24.8 Å². The van der Waals surface area contributed by atoms with Crippen LogP contribution in [0.1, 0.15) is 58.3 Å². The van der Waals surface area contributed by atoms with Gasteiger partial charge in [-0.3, -0.25) is 0 Å². The fraction of sp³-hybridized carbons (Fsp3) is 0.810. The van der Waals surface area contributed by atoms with E-state index in [9.17, 15) is 0 Å². The molecule has 2 fully saturated rings. The lowest BCUT2D eigenvalue weighted by Crippen LogP contribution is -2.28. The molecule has 2 aliphatic carbocycles. The second-order valence-electron chi connectivity index (χ2n) is 7.49. The third kappa shape index (κ3) is 6.81. The van der Waals surface area contributed by atoms with E-state index in [2.05, 4.69) is 25.7 Å². The molecular weight excluding hydrogens is 284 g/mol. The summed E-state index contributed by atoms with van der Waals surface area (Å²) in [6.07, 6.45) is 17.2. The quantitative estimate of drug-likeness (QED) is 0.418. The summed E-state index contributed by atoms with van der Waals surface area (Å²) in [5.41, 5.74) is 0. The van der Waals surface area contributed by atoms with Crippen molar-refractivity contribution >= 4 is 0 Å². The first-order valence-corrected chi connectivity index (χ1v) is 9.71. The summed E-state index contributed by atoms with van der Waals surface area (Å²) >= 11 is 0. The van der Waals surface area contributed by atoms with Gasteiger partial charge in [-0.2, -0.15) is 0 Å². The van der Waals surface area contributed by atoms with Crippen molar-refractivity contribution in [1.82, 2.24) is 0 Å². The third-order valence-corrected chi connectivity index (χ3v) is 5.84. The van der Waals surface area contributed by atoms with E-state index >= 15 is 0 Å². The van der Waals surface area contributed by atoms with Gasteiger partial charge in [0.05, 0.1) is 13.2 Å². The second-order valence-corrected chi connectivity index (χ2v) is 7.49. The fourth-order valence-corrected chi connectivity index (χ4v) is 4.37. The molecule has 2 nitrogen and oxygen atoms in total. The highest BCUT2D eigenvalue weighted by Crippen LogP contribution is 2.41. The summed E-state index contributed by atoms with van der Waals surface area (Å²) in [5.74, 6) is 3.56. The first-order valence-electron chi connectivity index (χ1n) is 9.71. The van der Waals surface area contributed by atoms with Gasteiger partial charge in [0.2, 0.25) is 0 Å². The molecule has 0 N–H and O–H groups in total. The molecule has 132 valence electrons. The molecule has 2 saturated carbocycles. The maximum absolute atomic E-state index is 5.75. The van der Waals surface area contributed by atoms with Crippen LogP contribution in [-0.4, -0.2) is 26.4 Å². The molecule has 0 spiro atoms. The van der Waals surface area contributed by atoms with E-state index < -0.39 is 0 Å². The Labute approximate surface area is 143 Å². The van der Waals surface area contributed by atoms with Crippen molar-refractivity contribution in [2.24, 2.45) is 23.7 Å². The van der Waals surface area contributed by atoms with Crippen LogP contribution in [0.2, 0.25) is 0 Å². The predicted molar refractivity (Wildman–Crippen MR) is 97.5 cm³/mol. The summed E-state index contributed by atoms with van der Waals surface area (Å²) in [6, 6.07) is 0. The zero-order chi connectivity index (χ0) is 16.3. The van der Waals surface area contributed by atoms with Crippen LogP contribution in [0.4, 0.5) is 0 Å². The Hall–Kier alpha value is -0.600. The van der Waals surface area contributed by atoms with Crippen molar-refractivity contribution < 1.29 is 9.47 Å². The molecule has 0 aromatic rings. The Bertz CT molecular complexity index is 334. The first-order chi connectivity index (χ1) is 11.3. The molecule has 0 saturated heterocycles. The Balaban J connectivity index is 1.58. The summed E-state index contributed by atoms with van der Waals surface area (Å²) in [4.78, 5) is 0. The smallest absolute Gasteiger partial charge is 0.0647 e. The molecule has 0 aliphatic heterocycles. The van der Waals surface area contributed by atoms with Crippen LogP contribution in [0.5, 0.6) is 0 Å². The Morgan fingerprint density at radius 1 is 0.783 bits per heavy atom. The maximum Gasteiger partial charge on any atom is 0.0647 e. The lowest BCUT2D eigenvalue weighted by atomic mass is 9.69. The van der Waals surface area contributed by atoms with Gasteiger partial charge in [-0.25, -0.2) is 0 Å². The van der Waals surface area contributed by atoms with Gasteiger partial charge in [0.15, 0.2) is 0 Å². The Morgan fingerprint density at radius 3 is 1.70 bits per heavy atom. The summed E-state index contributed by atoms with van der Waals surface area (Å²) in [5, 5.41) is 0. The summed E-state index contributed by atoms with van der Waals surface area (Å²) in [7, 11) is 0. The van der Waals surface area contributed by atoms with Crippen LogP contribution in [0.3, 0.4) is 0 Å². The molecule has 2 aliphatic rings. The highest BCUT2D eigenvalue weighted by Gasteiger charge is 2.30. The van der Waals surface area contributed by atoms with Crippen LogP contribution in [0.25, 0.3) is 0 Å². The van der Waals surface area contributed by atoms with Gasteiger partial charge in [0, 0.05) is 13.2 Å². The van der Waals surface area contributed by atoms with Crippen molar-refractivity contribution in [1.29, 1.82) is 0 Å². The molecule has 0 heterocycles. The highest BCUT2D eigenvalue weighted by molar-refractivity contribution is 4.82. The van der Waals surface area contributed by atoms with Gasteiger partial charge in [-0.15, -0.1) is 6.58 Å². The molecule has 2 rings (SSSR count).